The summed E-state index contributed by atoms with van der Waals surface area (Å²) in [5.74, 6) is -0.227. The molecule has 1 saturated carbocycles. The van der Waals surface area contributed by atoms with Gasteiger partial charge in [-0.15, -0.1) is 0 Å². The molecular weight excluding hydrogens is 334 g/mol. The van der Waals surface area contributed by atoms with E-state index in [4.69, 9.17) is 4.74 Å². The van der Waals surface area contributed by atoms with E-state index in [1.54, 1.807) is 0 Å². The van der Waals surface area contributed by atoms with E-state index in [2.05, 4.69) is 19.9 Å². The Bertz CT molecular complexity index is 606. The van der Waals surface area contributed by atoms with Crippen molar-refractivity contribution in [1.29, 1.82) is 5.26 Å². The molecule has 0 amide bonds. The topological polar surface area (TPSA) is 50.1 Å². The number of rotatable bonds is 10. The lowest BCUT2D eigenvalue weighted by molar-refractivity contribution is 0.0105. The molecule has 27 heavy (non-hydrogen) atoms. The Labute approximate surface area is 165 Å². The molecule has 0 aliphatic heterocycles. The largest absolute Gasteiger partial charge is 0.459 e. The first-order valence-electron chi connectivity index (χ1n) is 10.8. The van der Waals surface area contributed by atoms with E-state index >= 15 is 0 Å². The zero-order valence-corrected chi connectivity index (χ0v) is 17.1. The Hall–Kier alpha value is -1.82. The summed E-state index contributed by atoms with van der Waals surface area (Å²) in [6.07, 6.45) is 12.5. The third-order valence-corrected chi connectivity index (χ3v) is 5.92. The van der Waals surface area contributed by atoms with Gasteiger partial charge < -0.3 is 4.74 Å². The summed E-state index contributed by atoms with van der Waals surface area (Å²) >= 11 is 0. The highest BCUT2D eigenvalue weighted by atomic mass is 16.5. The number of benzene rings is 1. The number of hydrogen-bond donors (Lipinski definition) is 0. The van der Waals surface area contributed by atoms with Crippen molar-refractivity contribution in [2.24, 2.45) is 5.41 Å². The Morgan fingerprint density at radius 1 is 1.07 bits per heavy atom. The van der Waals surface area contributed by atoms with E-state index in [0.717, 1.165) is 44.9 Å². The first-order valence-corrected chi connectivity index (χ1v) is 10.8. The highest BCUT2D eigenvalue weighted by Gasteiger charge is 2.36. The lowest BCUT2D eigenvalue weighted by Crippen LogP contribution is -2.31. The maximum absolute atomic E-state index is 12.4. The first kappa shape index (κ1) is 21.5. The molecule has 1 aliphatic carbocycles. The molecule has 2 rings (SSSR count). The van der Waals surface area contributed by atoms with Crippen LogP contribution < -0.4 is 0 Å². The quantitative estimate of drug-likeness (QED) is 0.344. The molecule has 1 aromatic rings. The zero-order valence-electron chi connectivity index (χ0n) is 17.1. The fourth-order valence-electron chi connectivity index (χ4n) is 3.98. The number of ether oxygens (including phenoxy) is 1. The lowest BCUT2D eigenvalue weighted by atomic mass is 9.71. The molecular formula is C24H35NO2. The second-order valence-electron chi connectivity index (χ2n) is 8.11. The number of aryl methyl sites for hydroxylation is 1. The predicted molar refractivity (Wildman–Crippen MR) is 110 cm³/mol. The van der Waals surface area contributed by atoms with Gasteiger partial charge in [0.15, 0.2) is 0 Å². The Morgan fingerprint density at radius 3 is 2.33 bits per heavy atom. The third kappa shape index (κ3) is 6.69. The maximum Gasteiger partial charge on any atom is 0.338 e. The molecule has 1 fully saturated rings. The first-order chi connectivity index (χ1) is 13.1. The van der Waals surface area contributed by atoms with Gasteiger partial charge in [-0.05, 0) is 62.6 Å². The van der Waals surface area contributed by atoms with Gasteiger partial charge in [-0.25, -0.2) is 4.79 Å². The Balaban J connectivity index is 1.80. The summed E-state index contributed by atoms with van der Waals surface area (Å²) in [6.45, 7) is 4.39. The van der Waals surface area contributed by atoms with Crippen molar-refractivity contribution in [1.82, 2.24) is 0 Å². The van der Waals surface area contributed by atoms with Crippen LogP contribution in [0.5, 0.6) is 0 Å². The smallest absolute Gasteiger partial charge is 0.338 e. The summed E-state index contributed by atoms with van der Waals surface area (Å²) in [7, 11) is 0. The molecule has 0 spiro atoms. The molecule has 0 N–H and O–H groups in total. The molecule has 3 heteroatoms. The number of nitriles is 1. The van der Waals surface area contributed by atoms with E-state index in [-0.39, 0.29) is 17.5 Å². The SMILES string of the molecule is CCCCCC[C@]1(C#N)CC[C@H](OC(=O)c2ccc(CCCC)cc2)CC1. The summed E-state index contributed by atoms with van der Waals surface area (Å²) in [6, 6.07) is 10.4. The van der Waals surface area contributed by atoms with Crippen LogP contribution in [0.15, 0.2) is 24.3 Å². The van der Waals surface area contributed by atoms with Crippen molar-refractivity contribution in [2.45, 2.75) is 97.0 Å². The average molecular weight is 370 g/mol. The van der Waals surface area contributed by atoms with Gasteiger partial charge in [0.2, 0.25) is 0 Å². The van der Waals surface area contributed by atoms with E-state index in [9.17, 15) is 10.1 Å². The highest BCUT2D eigenvalue weighted by molar-refractivity contribution is 5.89. The summed E-state index contributed by atoms with van der Waals surface area (Å²) < 4.78 is 5.73. The van der Waals surface area contributed by atoms with Crippen molar-refractivity contribution < 1.29 is 9.53 Å². The third-order valence-electron chi connectivity index (χ3n) is 5.92. The minimum atomic E-state index is -0.227. The van der Waals surface area contributed by atoms with Crippen LogP contribution in [0, 0.1) is 16.7 Å². The minimum absolute atomic E-state index is 0.0469. The standard InChI is InChI=1S/C24H35NO2/c1-3-5-7-8-16-24(19-25)17-14-22(15-18-24)27-23(26)21-12-10-20(11-13-21)9-6-4-2/h10-13,22H,3-9,14-18H2,1-2H3/t22-,24-. The van der Waals surface area contributed by atoms with Gasteiger partial charge >= 0.3 is 5.97 Å². The average Bonchev–Trinajstić information content (AvgIpc) is 2.71. The second-order valence-corrected chi connectivity index (χ2v) is 8.11. The fourth-order valence-corrected chi connectivity index (χ4v) is 3.98. The van der Waals surface area contributed by atoms with Gasteiger partial charge in [0, 0.05) is 0 Å². The second kappa shape index (κ2) is 11.1. The molecule has 0 radical (unpaired) electrons. The van der Waals surface area contributed by atoms with Gasteiger partial charge in [-0.3, -0.25) is 0 Å². The van der Waals surface area contributed by atoms with E-state index < -0.39 is 0 Å². The van der Waals surface area contributed by atoms with E-state index in [1.807, 2.05) is 24.3 Å². The van der Waals surface area contributed by atoms with Crippen LogP contribution in [0.3, 0.4) is 0 Å². The Kier molecular flexibility index (Phi) is 8.85. The van der Waals surface area contributed by atoms with Crippen molar-refractivity contribution in [3.05, 3.63) is 35.4 Å². The Morgan fingerprint density at radius 2 is 1.74 bits per heavy atom. The van der Waals surface area contributed by atoms with Crippen LogP contribution in [0.25, 0.3) is 0 Å². The molecule has 0 saturated heterocycles. The van der Waals surface area contributed by atoms with Gasteiger partial charge in [-0.1, -0.05) is 58.1 Å². The summed E-state index contributed by atoms with van der Waals surface area (Å²) in [5, 5.41) is 9.67. The molecule has 0 heterocycles. The fraction of sp³-hybridized carbons (Fsp3) is 0.667. The molecule has 1 aliphatic rings. The van der Waals surface area contributed by atoms with Gasteiger partial charge in [-0.2, -0.15) is 5.26 Å². The molecule has 0 aromatic heterocycles. The van der Waals surface area contributed by atoms with Crippen molar-refractivity contribution in [2.75, 3.05) is 0 Å². The number of unbranched alkanes of at least 4 members (excludes halogenated alkanes) is 4. The summed E-state index contributed by atoms with van der Waals surface area (Å²) in [5.41, 5.74) is 1.71. The number of nitrogens with zero attached hydrogens (tertiary/aromatic N) is 1. The van der Waals surface area contributed by atoms with E-state index in [1.165, 1.54) is 37.7 Å². The maximum atomic E-state index is 12.4. The van der Waals surface area contributed by atoms with Crippen LogP contribution in [-0.2, 0) is 11.2 Å². The summed E-state index contributed by atoms with van der Waals surface area (Å²) in [4.78, 5) is 12.4. The van der Waals surface area contributed by atoms with Crippen LogP contribution in [-0.4, -0.2) is 12.1 Å². The predicted octanol–water partition coefficient (Wildman–Crippen LogP) is 6.61. The van der Waals surface area contributed by atoms with E-state index in [0.29, 0.717) is 5.56 Å². The lowest BCUT2D eigenvalue weighted by Gasteiger charge is -2.34. The van der Waals surface area contributed by atoms with Gasteiger partial charge in [0.25, 0.3) is 0 Å². The van der Waals surface area contributed by atoms with Crippen LogP contribution in [0.1, 0.15) is 100 Å². The van der Waals surface area contributed by atoms with Crippen LogP contribution >= 0.6 is 0 Å². The molecule has 148 valence electrons. The molecule has 0 unspecified atom stereocenters. The molecule has 0 bridgehead atoms. The van der Waals surface area contributed by atoms with Crippen molar-refractivity contribution in [3.8, 4) is 6.07 Å². The number of esters is 1. The highest BCUT2D eigenvalue weighted by Crippen LogP contribution is 2.41. The number of carbonyl (C=O) groups is 1. The van der Waals surface area contributed by atoms with Crippen molar-refractivity contribution >= 4 is 5.97 Å². The van der Waals surface area contributed by atoms with Crippen LogP contribution in [0.4, 0.5) is 0 Å². The zero-order chi connectivity index (χ0) is 19.5. The monoisotopic (exact) mass is 369 g/mol. The van der Waals surface area contributed by atoms with Gasteiger partial charge in [0.1, 0.15) is 6.10 Å². The van der Waals surface area contributed by atoms with Crippen LogP contribution in [0.2, 0.25) is 0 Å². The van der Waals surface area contributed by atoms with Crippen molar-refractivity contribution in [3.63, 3.8) is 0 Å². The molecule has 3 nitrogen and oxygen atoms in total. The molecule has 1 aromatic carbocycles. The molecule has 0 atom stereocenters. The number of carbonyl (C=O) groups excluding carboxylic acids is 1. The minimum Gasteiger partial charge on any atom is -0.459 e. The number of hydrogen-bond acceptors (Lipinski definition) is 3. The van der Waals surface area contributed by atoms with Gasteiger partial charge in [0.05, 0.1) is 17.0 Å². The normalized spacial score (nSPS) is 22.2.